The summed E-state index contributed by atoms with van der Waals surface area (Å²) in [5.41, 5.74) is 0.613. The molecule has 2 heteroatoms. The van der Waals surface area contributed by atoms with Crippen LogP contribution in [0.1, 0.15) is 71.1 Å². The van der Waals surface area contributed by atoms with Crippen LogP contribution in [0.3, 0.4) is 0 Å². The van der Waals surface area contributed by atoms with E-state index in [1.54, 1.807) is 6.08 Å². The zero-order valence-electron chi connectivity index (χ0n) is 11.8. The van der Waals surface area contributed by atoms with E-state index >= 15 is 0 Å². The number of nitrogens with zero attached hydrogens (tertiary/aromatic N) is 1. The Morgan fingerprint density at radius 2 is 2.06 bits per heavy atom. The Hall–Kier alpha value is -0.620. The molecule has 2 bridgehead atoms. The first kappa shape index (κ1) is 13.8. The smallest absolute Gasteiger partial charge is 0.211 e. The number of fused-ring (bicyclic) bond motifs is 3. The number of aliphatic imine (C=N–C) groups is 1. The molecule has 0 amide bonds. The second kappa shape index (κ2) is 6.52. The van der Waals surface area contributed by atoms with Crippen LogP contribution in [0.4, 0.5) is 0 Å². The molecule has 3 aliphatic carbocycles. The first-order valence-electron chi connectivity index (χ1n) is 7.84. The molecule has 0 radical (unpaired) electrons. The average molecular weight is 249 g/mol. The first-order chi connectivity index (χ1) is 8.80. The second-order valence-electron chi connectivity index (χ2n) is 6.46. The zero-order chi connectivity index (χ0) is 12.8. The van der Waals surface area contributed by atoms with E-state index in [1.807, 2.05) is 0 Å². The monoisotopic (exact) mass is 249 g/mol. The van der Waals surface area contributed by atoms with Crippen molar-refractivity contribution in [2.45, 2.75) is 71.1 Å². The van der Waals surface area contributed by atoms with Gasteiger partial charge in [-0.2, -0.15) is 0 Å². The van der Waals surface area contributed by atoms with Crippen LogP contribution in [-0.2, 0) is 4.79 Å². The fourth-order valence-corrected chi connectivity index (χ4v) is 4.42. The second-order valence-corrected chi connectivity index (χ2v) is 6.46. The fourth-order valence-electron chi connectivity index (χ4n) is 4.42. The first-order valence-corrected chi connectivity index (χ1v) is 7.84. The molecule has 3 saturated carbocycles. The molecular formula is C16H27NO. The largest absolute Gasteiger partial charge is 0.234 e. The van der Waals surface area contributed by atoms with Gasteiger partial charge in [-0.3, -0.25) is 0 Å². The summed E-state index contributed by atoms with van der Waals surface area (Å²) in [7, 11) is 0. The third-order valence-corrected chi connectivity index (χ3v) is 5.52. The van der Waals surface area contributed by atoms with Crippen molar-refractivity contribution in [2.24, 2.45) is 22.2 Å². The summed E-state index contributed by atoms with van der Waals surface area (Å²) >= 11 is 0. The number of unbranched alkanes of at least 4 members (excludes halogenated alkanes) is 2. The van der Waals surface area contributed by atoms with Crippen LogP contribution >= 0.6 is 0 Å². The van der Waals surface area contributed by atoms with Gasteiger partial charge in [-0.25, -0.2) is 9.79 Å². The van der Waals surface area contributed by atoms with E-state index in [2.05, 4.69) is 11.9 Å². The molecule has 2 nitrogen and oxygen atoms in total. The highest BCUT2D eigenvalue weighted by Crippen LogP contribution is 2.57. The summed E-state index contributed by atoms with van der Waals surface area (Å²) in [6.07, 6.45) is 15.5. The van der Waals surface area contributed by atoms with Gasteiger partial charge >= 0.3 is 0 Å². The van der Waals surface area contributed by atoms with Crippen LogP contribution in [0.25, 0.3) is 0 Å². The van der Waals surface area contributed by atoms with Crippen LogP contribution in [0.5, 0.6) is 0 Å². The summed E-state index contributed by atoms with van der Waals surface area (Å²) in [4.78, 5) is 14.0. The van der Waals surface area contributed by atoms with Crippen molar-refractivity contribution in [3.05, 3.63) is 0 Å². The molecule has 0 saturated heterocycles. The van der Waals surface area contributed by atoms with Gasteiger partial charge in [0, 0.05) is 0 Å². The van der Waals surface area contributed by atoms with Gasteiger partial charge in [-0.05, 0) is 62.2 Å². The minimum absolute atomic E-state index is 0.613. The van der Waals surface area contributed by atoms with Crippen molar-refractivity contribution in [3.8, 4) is 0 Å². The number of isocyanates is 1. The van der Waals surface area contributed by atoms with Gasteiger partial charge in [0.15, 0.2) is 0 Å². The highest BCUT2D eigenvalue weighted by atomic mass is 16.1. The lowest BCUT2D eigenvalue weighted by atomic mass is 9.53. The van der Waals surface area contributed by atoms with Crippen LogP contribution in [-0.4, -0.2) is 12.6 Å². The minimum atomic E-state index is 0.613. The van der Waals surface area contributed by atoms with E-state index < -0.39 is 0 Å². The SMILES string of the molecule is CCCCCC12CCC(CC1)CC2CCN=C=O. The summed E-state index contributed by atoms with van der Waals surface area (Å²) in [5.74, 6) is 1.81. The Bertz CT molecular complexity index is 298. The third-order valence-electron chi connectivity index (χ3n) is 5.52. The van der Waals surface area contributed by atoms with Crippen molar-refractivity contribution in [1.82, 2.24) is 0 Å². The Balaban J connectivity index is 1.94. The molecule has 0 N–H and O–H groups in total. The van der Waals surface area contributed by atoms with Crippen molar-refractivity contribution in [2.75, 3.05) is 6.54 Å². The van der Waals surface area contributed by atoms with Crippen molar-refractivity contribution in [1.29, 1.82) is 0 Å². The third kappa shape index (κ3) is 3.03. The normalized spacial score (nSPS) is 34.3. The van der Waals surface area contributed by atoms with Gasteiger partial charge in [0.05, 0.1) is 6.54 Å². The molecule has 1 unspecified atom stereocenters. The van der Waals surface area contributed by atoms with E-state index in [1.165, 1.54) is 57.8 Å². The van der Waals surface area contributed by atoms with Crippen LogP contribution in [0.15, 0.2) is 4.99 Å². The predicted molar refractivity (Wildman–Crippen MR) is 74.2 cm³/mol. The van der Waals surface area contributed by atoms with E-state index in [0.29, 0.717) is 12.0 Å². The lowest BCUT2D eigenvalue weighted by molar-refractivity contribution is -0.0173. The lowest BCUT2D eigenvalue weighted by Crippen LogP contribution is -2.42. The molecule has 0 aromatic heterocycles. The molecule has 3 rings (SSSR count). The van der Waals surface area contributed by atoms with E-state index in [9.17, 15) is 4.79 Å². The number of hydrogen-bond acceptors (Lipinski definition) is 2. The van der Waals surface area contributed by atoms with Gasteiger partial charge in [-0.1, -0.05) is 26.2 Å². The molecule has 3 aliphatic rings. The fraction of sp³-hybridized carbons (Fsp3) is 0.938. The van der Waals surface area contributed by atoms with Gasteiger partial charge < -0.3 is 0 Å². The summed E-state index contributed by atoms with van der Waals surface area (Å²) in [6, 6.07) is 0. The average Bonchev–Trinajstić information content (AvgIpc) is 2.41. The molecular weight excluding hydrogens is 222 g/mol. The lowest BCUT2D eigenvalue weighted by Gasteiger charge is -2.53. The van der Waals surface area contributed by atoms with E-state index in [4.69, 9.17) is 0 Å². The Kier molecular flexibility index (Phi) is 5.00. The summed E-state index contributed by atoms with van der Waals surface area (Å²) in [5, 5.41) is 0. The maximum Gasteiger partial charge on any atom is 0.234 e. The predicted octanol–water partition coefficient (Wildman–Crippen LogP) is 4.49. The summed E-state index contributed by atoms with van der Waals surface area (Å²) < 4.78 is 0. The topological polar surface area (TPSA) is 29.4 Å². The number of carbonyl (C=O) groups excluding carboxylic acids is 1. The van der Waals surface area contributed by atoms with Gasteiger partial charge in [0.25, 0.3) is 0 Å². The van der Waals surface area contributed by atoms with E-state index in [-0.39, 0.29) is 0 Å². The molecule has 0 aliphatic heterocycles. The van der Waals surface area contributed by atoms with Crippen LogP contribution in [0, 0.1) is 17.3 Å². The van der Waals surface area contributed by atoms with Crippen molar-refractivity contribution >= 4 is 6.08 Å². The van der Waals surface area contributed by atoms with Crippen LogP contribution < -0.4 is 0 Å². The van der Waals surface area contributed by atoms with Crippen LogP contribution in [0.2, 0.25) is 0 Å². The summed E-state index contributed by atoms with van der Waals surface area (Å²) in [6.45, 7) is 2.99. The Morgan fingerprint density at radius 3 is 2.72 bits per heavy atom. The maximum absolute atomic E-state index is 10.2. The molecule has 102 valence electrons. The molecule has 0 heterocycles. The number of hydrogen-bond donors (Lipinski definition) is 0. The minimum Gasteiger partial charge on any atom is -0.211 e. The van der Waals surface area contributed by atoms with E-state index in [0.717, 1.165) is 18.3 Å². The van der Waals surface area contributed by atoms with Crippen molar-refractivity contribution < 1.29 is 4.79 Å². The number of rotatable bonds is 7. The van der Waals surface area contributed by atoms with Crippen molar-refractivity contribution in [3.63, 3.8) is 0 Å². The molecule has 0 spiro atoms. The van der Waals surface area contributed by atoms with Gasteiger partial charge in [-0.15, -0.1) is 0 Å². The van der Waals surface area contributed by atoms with Gasteiger partial charge in [0.1, 0.15) is 0 Å². The Labute approximate surface area is 111 Å². The molecule has 1 atom stereocenters. The maximum atomic E-state index is 10.2. The highest BCUT2D eigenvalue weighted by Gasteiger charge is 2.46. The standard InChI is InChI=1S/C16H27NO/c1-2-3-4-8-16-9-5-14(6-10-16)12-15(16)7-11-17-13-18/h14-15H,2-12H2,1H3. The highest BCUT2D eigenvalue weighted by molar-refractivity contribution is 5.32. The molecule has 0 aromatic rings. The molecule has 18 heavy (non-hydrogen) atoms. The Morgan fingerprint density at radius 1 is 1.28 bits per heavy atom. The molecule has 3 fully saturated rings. The quantitative estimate of drug-likeness (QED) is 0.371. The molecule has 0 aromatic carbocycles. The van der Waals surface area contributed by atoms with Gasteiger partial charge in [0.2, 0.25) is 6.08 Å². The zero-order valence-corrected chi connectivity index (χ0v) is 11.8.